The molecule has 0 bridgehead atoms. The molecule has 5 heterocycles. The molecule has 36 heavy (non-hydrogen) atoms. The summed E-state index contributed by atoms with van der Waals surface area (Å²) in [5, 5.41) is 1.58. The maximum atomic E-state index is 6.83. The normalized spacial score (nSPS) is 19.9. The molecule has 1 aromatic carbocycles. The number of hydrogen-bond donors (Lipinski definition) is 1. The molecule has 0 unspecified atom stereocenters. The predicted octanol–water partition coefficient (Wildman–Crippen LogP) is 5.44. The van der Waals surface area contributed by atoms with Gasteiger partial charge in [-0.1, -0.05) is 23.7 Å². The van der Waals surface area contributed by atoms with Crippen molar-refractivity contribution in [2.24, 2.45) is 5.92 Å². The van der Waals surface area contributed by atoms with Crippen LogP contribution in [-0.2, 0) is 0 Å². The Balaban J connectivity index is 1.30. The number of nitrogen functional groups attached to an aromatic ring is 1. The lowest BCUT2D eigenvalue weighted by atomic mass is 9.74. The molecule has 8 heteroatoms. The van der Waals surface area contributed by atoms with Crippen LogP contribution in [0.25, 0.3) is 39.1 Å². The highest BCUT2D eigenvalue weighted by atomic mass is 35.5. The predicted molar refractivity (Wildman–Crippen MR) is 143 cm³/mol. The number of benzene rings is 1. The van der Waals surface area contributed by atoms with Gasteiger partial charge >= 0.3 is 0 Å². The van der Waals surface area contributed by atoms with Gasteiger partial charge in [-0.3, -0.25) is 9.38 Å². The monoisotopic (exact) mass is 495 g/mol. The second-order valence-electron chi connectivity index (χ2n) is 9.97. The van der Waals surface area contributed by atoms with Crippen molar-refractivity contribution in [2.45, 2.75) is 25.2 Å². The van der Waals surface area contributed by atoms with Crippen molar-refractivity contribution in [1.82, 2.24) is 29.2 Å². The lowest BCUT2D eigenvalue weighted by molar-refractivity contribution is 0.107. The Hall–Kier alpha value is -3.55. The molecule has 0 atom stereocenters. The number of anilines is 1. The van der Waals surface area contributed by atoms with E-state index in [1.165, 1.54) is 26.1 Å². The van der Waals surface area contributed by atoms with Gasteiger partial charge in [0.05, 0.1) is 21.9 Å². The lowest BCUT2D eigenvalue weighted by Gasteiger charge is -2.41. The van der Waals surface area contributed by atoms with E-state index in [0.717, 1.165) is 63.6 Å². The third kappa shape index (κ3) is 3.62. The van der Waals surface area contributed by atoms with Crippen LogP contribution in [0.5, 0.6) is 0 Å². The number of nitrogens with zero attached hydrogens (tertiary/aromatic N) is 6. The second-order valence-corrected chi connectivity index (χ2v) is 10.4. The zero-order chi connectivity index (χ0) is 24.2. The Morgan fingerprint density at radius 3 is 2.64 bits per heavy atom. The SMILES string of the molecule is Nc1nccn2c(C3CC(CN4CCC4)C3)nc(-c3cc4nc(-c5ccccn5)ccc4cc3Cl)c12. The second kappa shape index (κ2) is 8.54. The van der Waals surface area contributed by atoms with Crippen molar-refractivity contribution in [3.05, 3.63) is 71.9 Å². The summed E-state index contributed by atoms with van der Waals surface area (Å²) in [7, 11) is 0. The van der Waals surface area contributed by atoms with Gasteiger partial charge in [-0.15, -0.1) is 0 Å². The van der Waals surface area contributed by atoms with Crippen LogP contribution < -0.4 is 5.73 Å². The van der Waals surface area contributed by atoms with Crippen LogP contribution in [0.1, 0.15) is 31.0 Å². The van der Waals surface area contributed by atoms with E-state index in [1.807, 2.05) is 48.7 Å². The van der Waals surface area contributed by atoms with Crippen molar-refractivity contribution >= 4 is 33.8 Å². The highest BCUT2D eigenvalue weighted by Gasteiger charge is 2.36. The van der Waals surface area contributed by atoms with Gasteiger partial charge in [-0.2, -0.15) is 0 Å². The average Bonchev–Trinajstić information content (AvgIpc) is 3.22. The number of aromatic nitrogens is 5. The number of rotatable bonds is 5. The largest absolute Gasteiger partial charge is 0.382 e. The molecule has 2 N–H and O–H groups in total. The Kier molecular flexibility index (Phi) is 5.15. The fraction of sp³-hybridized carbons (Fsp3) is 0.286. The van der Waals surface area contributed by atoms with Gasteiger partial charge < -0.3 is 10.6 Å². The van der Waals surface area contributed by atoms with Crippen molar-refractivity contribution in [1.29, 1.82) is 0 Å². The molecule has 7 rings (SSSR count). The molecule has 5 aromatic rings. The minimum absolute atomic E-state index is 0.410. The van der Waals surface area contributed by atoms with E-state index in [1.54, 1.807) is 12.4 Å². The van der Waals surface area contributed by atoms with E-state index >= 15 is 0 Å². The quantitative estimate of drug-likeness (QED) is 0.349. The van der Waals surface area contributed by atoms with Crippen LogP contribution >= 0.6 is 11.6 Å². The number of nitrogens with two attached hydrogens (primary N) is 1. The molecule has 4 aromatic heterocycles. The summed E-state index contributed by atoms with van der Waals surface area (Å²) >= 11 is 6.83. The van der Waals surface area contributed by atoms with E-state index < -0.39 is 0 Å². The molecule has 1 aliphatic carbocycles. The van der Waals surface area contributed by atoms with Gasteiger partial charge in [0.1, 0.15) is 22.9 Å². The number of fused-ring (bicyclic) bond motifs is 2. The van der Waals surface area contributed by atoms with Crippen molar-refractivity contribution in [3.8, 4) is 22.6 Å². The molecule has 0 radical (unpaired) electrons. The van der Waals surface area contributed by atoms with Crippen molar-refractivity contribution in [3.63, 3.8) is 0 Å². The molecule has 2 aliphatic rings. The first-order valence-corrected chi connectivity index (χ1v) is 12.9. The fourth-order valence-electron chi connectivity index (χ4n) is 5.57. The summed E-state index contributed by atoms with van der Waals surface area (Å²) in [4.78, 5) is 21.4. The van der Waals surface area contributed by atoms with Gasteiger partial charge in [0.15, 0.2) is 0 Å². The van der Waals surface area contributed by atoms with Crippen LogP contribution in [0.2, 0.25) is 5.02 Å². The summed E-state index contributed by atoms with van der Waals surface area (Å²) < 4.78 is 2.11. The topological polar surface area (TPSA) is 85.2 Å². The molecule has 1 saturated carbocycles. The molecular formula is C28H26ClN7. The highest BCUT2D eigenvalue weighted by molar-refractivity contribution is 6.34. The zero-order valence-corrected chi connectivity index (χ0v) is 20.6. The standard InChI is InChI=1S/C28H26ClN7/c29-21-14-18-5-6-23(22-4-1-2-7-31-22)33-24(18)15-20(21)25-26-27(30)32-8-11-36(26)28(34-25)19-12-17(13-19)16-35-9-3-10-35/h1-2,4-8,11,14-15,17,19H,3,9-10,12-13,16H2,(H2,30,32). The van der Waals surface area contributed by atoms with E-state index in [-0.39, 0.29) is 0 Å². The number of hydrogen-bond acceptors (Lipinski definition) is 6. The fourth-order valence-corrected chi connectivity index (χ4v) is 5.83. The van der Waals surface area contributed by atoms with Crippen LogP contribution in [-0.4, -0.2) is 48.9 Å². The van der Waals surface area contributed by atoms with Crippen molar-refractivity contribution < 1.29 is 0 Å². The first-order chi connectivity index (χ1) is 17.6. The Labute approximate surface area is 214 Å². The summed E-state index contributed by atoms with van der Waals surface area (Å²) in [6.07, 6.45) is 9.12. The van der Waals surface area contributed by atoms with Gasteiger partial charge in [-0.25, -0.2) is 15.0 Å². The van der Waals surface area contributed by atoms with Gasteiger partial charge in [0.2, 0.25) is 0 Å². The number of imidazole rings is 1. The van der Waals surface area contributed by atoms with Crippen LogP contribution in [0.4, 0.5) is 5.82 Å². The minimum Gasteiger partial charge on any atom is -0.382 e. The van der Waals surface area contributed by atoms with E-state index in [2.05, 4.69) is 19.3 Å². The molecular weight excluding hydrogens is 470 g/mol. The van der Waals surface area contributed by atoms with Crippen LogP contribution in [0.15, 0.2) is 61.1 Å². The van der Waals surface area contributed by atoms with Crippen LogP contribution in [0.3, 0.4) is 0 Å². The van der Waals surface area contributed by atoms with Crippen molar-refractivity contribution in [2.75, 3.05) is 25.4 Å². The van der Waals surface area contributed by atoms with E-state index in [9.17, 15) is 0 Å². The van der Waals surface area contributed by atoms with Gasteiger partial charge in [-0.05, 0) is 68.6 Å². The molecule has 0 spiro atoms. The third-order valence-electron chi connectivity index (χ3n) is 7.64. The lowest BCUT2D eigenvalue weighted by Crippen LogP contribution is -2.43. The molecule has 7 nitrogen and oxygen atoms in total. The first kappa shape index (κ1) is 21.7. The van der Waals surface area contributed by atoms with Gasteiger partial charge in [0, 0.05) is 42.0 Å². The highest BCUT2D eigenvalue weighted by Crippen LogP contribution is 2.44. The third-order valence-corrected chi connectivity index (χ3v) is 7.95. The zero-order valence-electron chi connectivity index (χ0n) is 19.8. The molecule has 0 amide bonds. The Bertz CT molecular complexity index is 1590. The Morgan fingerprint density at radius 2 is 1.86 bits per heavy atom. The Morgan fingerprint density at radius 1 is 0.972 bits per heavy atom. The molecule has 1 aliphatic heterocycles. The number of halogens is 1. The molecule has 1 saturated heterocycles. The summed E-state index contributed by atoms with van der Waals surface area (Å²) in [6, 6.07) is 13.8. The van der Waals surface area contributed by atoms with E-state index in [4.69, 9.17) is 27.3 Å². The summed E-state index contributed by atoms with van der Waals surface area (Å²) in [5.74, 6) is 2.64. The first-order valence-electron chi connectivity index (χ1n) is 12.5. The minimum atomic E-state index is 0.410. The summed E-state index contributed by atoms with van der Waals surface area (Å²) in [5.41, 5.74) is 11.3. The van der Waals surface area contributed by atoms with Gasteiger partial charge in [0.25, 0.3) is 0 Å². The van der Waals surface area contributed by atoms with Crippen LogP contribution in [0, 0.1) is 5.92 Å². The van der Waals surface area contributed by atoms with E-state index in [0.29, 0.717) is 16.8 Å². The average molecular weight is 496 g/mol. The number of pyridine rings is 2. The smallest absolute Gasteiger partial charge is 0.150 e. The molecule has 180 valence electrons. The molecule has 2 fully saturated rings. The maximum absolute atomic E-state index is 6.83. The number of likely N-dealkylation sites (tertiary alicyclic amines) is 1. The maximum Gasteiger partial charge on any atom is 0.150 e. The summed E-state index contributed by atoms with van der Waals surface area (Å²) in [6.45, 7) is 3.70.